The Morgan fingerprint density at radius 3 is 0.429 bits per heavy atom. The van der Waals surface area contributed by atoms with Crippen molar-refractivity contribution in [2.75, 3.05) is 49.3 Å². The summed E-state index contributed by atoms with van der Waals surface area (Å²) in [6.45, 7) is 25.8. The van der Waals surface area contributed by atoms with Gasteiger partial charge in [-0.05, 0) is 101 Å². The van der Waals surface area contributed by atoms with Crippen LogP contribution in [0.1, 0.15) is 275 Å². The van der Waals surface area contributed by atoms with E-state index < -0.39 is 0 Å². The highest BCUT2D eigenvalue weighted by molar-refractivity contribution is 7.85. The molecule has 0 amide bonds. The number of hydrogen-bond donors (Lipinski definition) is 0. The third-order valence-electron chi connectivity index (χ3n) is 13.6. The molecule has 0 fully saturated rings. The van der Waals surface area contributed by atoms with E-state index in [1.165, 1.54) is 205 Å². The Balaban J connectivity index is 7.99. The third kappa shape index (κ3) is 24.4. The first kappa shape index (κ1) is 57.7. The molecule has 0 bridgehead atoms. The van der Waals surface area contributed by atoms with E-state index in [9.17, 15) is 0 Å². The van der Waals surface area contributed by atoms with Crippen molar-refractivity contribution in [3.8, 4) is 0 Å². The zero-order valence-electron chi connectivity index (χ0n) is 41.1. The molecule has 0 nitrogen and oxygen atoms in total. The van der Waals surface area contributed by atoms with E-state index >= 15 is 0 Å². The summed E-state index contributed by atoms with van der Waals surface area (Å²) in [5, 5.41) is 0. The minimum atomic E-state index is -0.00606. The first-order valence-corrected chi connectivity index (χ1v) is 33.2. The Bertz CT molecular complexity index is 617. The molecule has 0 aromatic rings. The highest BCUT2D eigenvalue weighted by Gasteiger charge is 2.58. The van der Waals surface area contributed by atoms with Gasteiger partial charge in [-0.3, -0.25) is 0 Å². The maximum atomic E-state index is 3.16. The van der Waals surface area contributed by atoms with Gasteiger partial charge in [0, 0.05) is 9.79 Å². The maximum Gasteiger partial charge on any atom is 0.0209 e. The van der Waals surface area contributed by atoms with Crippen LogP contribution in [0, 0.1) is 0 Å². The Kier molecular flexibility index (Phi) is 42.0. The van der Waals surface area contributed by atoms with Crippen molar-refractivity contribution in [3.05, 3.63) is 0 Å². The fraction of sp³-hybridized carbons (Fsp3) is 1.00. The van der Waals surface area contributed by atoms with Crippen molar-refractivity contribution < 1.29 is 0 Å². The molecule has 0 saturated carbocycles. The summed E-state index contributed by atoms with van der Waals surface area (Å²) in [4.78, 5) is 1.19. The van der Waals surface area contributed by atoms with Gasteiger partial charge in [-0.25, -0.2) is 0 Å². The first-order chi connectivity index (χ1) is 27.3. The van der Waals surface area contributed by atoms with Crippen LogP contribution in [0.4, 0.5) is 0 Å². The summed E-state index contributed by atoms with van der Waals surface area (Å²) in [7, 11) is -0.0242. The van der Waals surface area contributed by atoms with Gasteiger partial charge in [0.25, 0.3) is 0 Å². The normalized spacial score (nSPS) is 12.8. The number of rotatable bonds is 45. The van der Waals surface area contributed by atoms with Crippen LogP contribution in [0.3, 0.4) is 0 Å². The van der Waals surface area contributed by atoms with Crippen LogP contribution in [-0.2, 0) is 0 Å². The molecular weight excluding hydrogens is 748 g/mol. The lowest BCUT2D eigenvalue weighted by Crippen LogP contribution is -2.48. The van der Waals surface area contributed by atoms with Gasteiger partial charge in [-0.1, -0.05) is 255 Å². The Hall–Kier alpha value is 1.72. The smallest absolute Gasteiger partial charge is 0.0209 e. The maximum absolute atomic E-state index is 3.16. The van der Waals surface area contributed by atoms with E-state index in [-0.39, 0.29) is 31.7 Å². The molecule has 0 atom stereocenters. The average molecular weight is 859 g/mol. The Morgan fingerprint density at radius 1 is 0.196 bits per heavy atom. The molecule has 0 spiro atoms. The molecule has 0 aliphatic heterocycles. The van der Waals surface area contributed by atoms with Gasteiger partial charge in [-0.2, -0.15) is 0 Å². The Morgan fingerprint density at radius 2 is 0.321 bits per heavy atom. The van der Waals surface area contributed by atoms with Crippen molar-refractivity contribution in [2.45, 2.75) is 284 Å². The van der Waals surface area contributed by atoms with Crippen LogP contribution in [0.15, 0.2) is 0 Å². The second-order valence-electron chi connectivity index (χ2n) is 18.5. The second-order valence-corrected chi connectivity index (χ2v) is 30.7. The molecule has 0 aromatic carbocycles. The van der Waals surface area contributed by atoms with Crippen LogP contribution in [0.5, 0.6) is 0 Å². The van der Waals surface area contributed by atoms with E-state index in [1.807, 2.05) is 0 Å². The highest BCUT2D eigenvalue weighted by atomic mass is 31.2. The fourth-order valence-corrected chi connectivity index (χ4v) is 30.2. The summed E-state index contributed by atoms with van der Waals surface area (Å²) < 4.78 is 0. The minimum Gasteiger partial charge on any atom is -0.0949 e. The molecule has 0 saturated heterocycles. The lowest BCUT2D eigenvalue weighted by Gasteiger charge is -2.63. The van der Waals surface area contributed by atoms with Crippen LogP contribution in [-0.4, -0.2) is 59.1 Å². The molecule has 0 aliphatic carbocycles. The summed E-state index contributed by atoms with van der Waals surface area (Å²) >= 11 is 0. The van der Waals surface area contributed by atoms with E-state index in [0.29, 0.717) is 9.79 Å². The van der Waals surface area contributed by atoms with Crippen LogP contribution in [0.2, 0.25) is 0 Å². The molecule has 0 rings (SSSR count). The largest absolute Gasteiger partial charge is 0.0949 e. The van der Waals surface area contributed by atoms with Crippen LogP contribution in [0.25, 0.3) is 0 Å². The van der Waals surface area contributed by atoms with Crippen LogP contribution < -0.4 is 0 Å². The van der Waals surface area contributed by atoms with E-state index in [0.717, 1.165) is 0 Å². The third-order valence-corrected chi connectivity index (χ3v) is 31.3. The number of hydrogen-bond acceptors (Lipinski definition) is 0. The topological polar surface area (TPSA) is 0 Å². The molecule has 56 heavy (non-hydrogen) atoms. The first-order valence-electron chi connectivity index (χ1n) is 26.3. The van der Waals surface area contributed by atoms with Gasteiger partial charge in [-0.15, -0.1) is 0 Å². The molecular formula is C52H110P4. The molecule has 4 heteroatoms. The van der Waals surface area contributed by atoms with Crippen molar-refractivity contribution >= 4 is 31.7 Å². The summed E-state index contributed by atoms with van der Waals surface area (Å²) in [5.74, 6) is 0. The van der Waals surface area contributed by atoms with Crippen LogP contribution >= 0.6 is 31.7 Å². The predicted octanol–water partition coefficient (Wildman–Crippen LogP) is 21.0. The molecule has 0 radical (unpaired) electrons. The zero-order valence-corrected chi connectivity index (χ0v) is 44.7. The lowest BCUT2D eigenvalue weighted by molar-refractivity contribution is 0.656. The second kappa shape index (κ2) is 40.8. The monoisotopic (exact) mass is 859 g/mol. The van der Waals surface area contributed by atoms with Gasteiger partial charge < -0.3 is 0 Å². The van der Waals surface area contributed by atoms with Crippen molar-refractivity contribution in [1.82, 2.24) is 0 Å². The lowest BCUT2D eigenvalue weighted by atomic mass is 10.2. The van der Waals surface area contributed by atoms with E-state index in [4.69, 9.17) is 0 Å². The SMILES string of the molecule is CCCCCCP(CCCCCC)C(C)(P(CCCCCC)CCCCCC)C(C)(P(CCCCCC)CCCCCC)P(CCCCCC)CCCCCC. The quantitative estimate of drug-likeness (QED) is 0.0423. The van der Waals surface area contributed by atoms with E-state index in [1.54, 1.807) is 49.3 Å². The molecule has 338 valence electrons. The molecule has 0 unspecified atom stereocenters. The minimum absolute atomic E-state index is 0.00606. The molecule has 0 N–H and O–H groups in total. The molecule has 0 aliphatic rings. The number of unbranched alkanes of at least 4 members (excludes halogenated alkanes) is 24. The zero-order chi connectivity index (χ0) is 41.6. The highest BCUT2D eigenvalue weighted by Crippen LogP contribution is 2.85. The summed E-state index contributed by atoms with van der Waals surface area (Å²) in [5.41, 5.74) is 0. The van der Waals surface area contributed by atoms with Crippen molar-refractivity contribution in [1.29, 1.82) is 0 Å². The summed E-state index contributed by atoms with van der Waals surface area (Å²) in [6.07, 6.45) is 59.8. The predicted molar refractivity (Wildman–Crippen MR) is 277 cm³/mol. The van der Waals surface area contributed by atoms with Gasteiger partial charge in [0.2, 0.25) is 0 Å². The van der Waals surface area contributed by atoms with Gasteiger partial charge in [0.15, 0.2) is 0 Å². The Labute approximate surface area is 363 Å². The van der Waals surface area contributed by atoms with E-state index in [2.05, 4.69) is 69.2 Å². The fourth-order valence-electron chi connectivity index (χ4n) is 9.62. The summed E-state index contributed by atoms with van der Waals surface area (Å²) in [6, 6.07) is 0. The van der Waals surface area contributed by atoms with Crippen molar-refractivity contribution in [2.24, 2.45) is 0 Å². The standard InChI is InChI=1S/C52H110P4/c1-11-19-27-35-43-53(44-36-28-20-12-2)51(9,54(45-37-29-21-13-3)46-38-30-22-14-4)52(10,55(47-39-31-23-15-5)48-40-32-24-16-6)56(49-41-33-25-17-7)50-42-34-26-18-8/h11-50H2,1-10H3. The van der Waals surface area contributed by atoms with Gasteiger partial charge >= 0.3 is 0 Å². The average Bonchev–Trinajstić information content (AvgIpc) is 3.20. The van der Waals surface area contributed by atoms with Gasteiger partial charge in [0.05, 0.1) is 0 Å². The molecule has 0 heterocycles. The molecule has 0 aromatic heterocycles. The van der Waals surface area contributed by atoms with Crippen molar-refractivity contribution in [3.63, 3.8) is 0 Å². The van der Waals surface area contributed by atoms with Gasteiger partial charge in [0.1, 0.15) is 0 Å².